The Morgan fingerprint density at radius 3 is 2.38 bits per heavy atom. The number of hydrogen-bond acceptors (Lipinski definition) is 5. The lowest BCUT2D eigenvalue weighted by Gasteiger charge is -2.41. The summed E-state index contributed by atoms with van der Waals surface area (Å²) in [4.78, 5) is 29.4. The number of Topliss-reactive ketones (excluding diaryl/α,β-unsaturated/α-hetero) is 1. The van der Waals surface area contributed by atoms with E-state index in [4.69, 9.17) is 0 Å². The predicted molar refractivity (Wildman–Crippen MR) is 129 cm³/mol. The van der Waals surface area contributed by atoms with Gasteiger partial charge >= 0.3 is 0 Å². The van der Waals surface area contributed by atoms with Crippen LogP contribution < -0.4 is 4.90 Å². The van der Waals surface area contributed by atoms with Crippen LogP contribution in [-0.4, -0.2) is 45.9 Å². The molecule has 0 radical (unpaired) electrons. The molecular weight excluding hydrogens is 428 g/mol. The lowest BCUT2D eigenvalue weighted by molar-refractivity contribution is -0.141. The molecular formula is C28H28N2O4. The zero-order valence-corrected chi connectivity index (χ0v) is 19.1. The van der Waals surface area contributed by atoms with Crippen LogP contribution in [0.3, 0.4) is 0 Å². The molecule has 174 valence electrons. The summed E-state index contributed by atoms with van der Waals surface area (Å²) in [6, 6.07) is 19.4. The zero-order valence-electron chi connectivity index (χ0n) is 19.1. The molecule has 1 fully saturated rings. The summed E-state index contributed by atoms with van der Waals surface area (Å²) in [5.41, 5.74) is 1.58. The number of rotatable bonds is 4. The van der Waals surface area contributed by atoms with Crippen LogP contribution >= 0.6 is 0 Å². The Morgan fingerprint density at radius 2 is 1.68 bits per heavy atom. The van der Waals surface area contributed by atoms with Crippen molar-refractivity contribution < 1.29 is 19.8 Å². The number of carbonyl (C=O) groups is 2. The van der Waals surface area contributed by atoms with E-state index in [-0.39, 0.29) is 24.3 Å². The highest BCUT2D eigenvalue weighted by molar-refractivity contribution is 6.09. The van der Waals surface area contributed by atoms with Gasteiger partial charge in [-0.15, -0.1) is 0 Å². The van der Waals surface area contributed by atoms with Gasteiger partial charge in [-0.2, -0.15) is 0 Å². The van der Waals surface area contributed by atoms with E-state index in [1.807, 2.05) is 24.3 Å². The first-order valence-corrected chi connectivity index (χ1v) is 12.0. The number of aliphatic hydroxyl groups excluding tert-OH is 1. The van der Waals surface area contributed by atoms with Crippen LogP contribution in [0.2, 0.25) is 0 Å². The molecule has 6 rings (SSSR count). The third-order valence-electron chi connectivity index (χ3n) is 7.85. The van der Waals surface area contributed by atoms with Gasteiger partial charge in [-0.25, -0.2) is 0 Å². The maximum Gasteiger partial charge on any atom is 0.264 e. The second kappa shape index (κ2) is 7.73. The summed E-state index contributed by atoms with van der Waals surface area (Å²) in [7, 11) is 0. The number of aliphatic hydroxyl groups is 2. The van der Waals surface area contributed by atoms with Crippen molar-refractivity contribution in [1.29, 1.82) is 0 Å². The second-order valence-corrected chi connectivity index (χ2v) is 9.88. The number of carbonyl (C=O) groups excluding carboxylic acids is 2. The van der Waals surface area contributed by atoms with Gasteiger partial charge in [-0.05, 0) is 47.7 Å². The van der Waals surface area contributed by atoms with Gasteiger partial charge in [0.05, 0.1) is 17.8 Å². The van der Waals surface area contributed by atoms with Crippen molar-refractivity contribution in [2.75, 3.05) is 18.0 Å². The molecule has 1 amide bonds. The summed E-state index contributed by atoms with van der Waals surface area (Å²) in [6.45, 7) is 2.86. The van der Waals surface area contributed by atoms with Crippen LogP contribution in [0.1, 0.15) is 55.0 Å². The molecule has 1 saturated heterocycles. The number of piperidine rings is 1. The molecule has 0 spiro atoms. The van der Waals surface area contributed by atoms with Crippen LogP contribution in [0.15, 0.2) is 60.7 Å². The first kappa shape index (κ1) is 21.5. The fourth-order valence-electron chi connectivity index (χ4n) is 6.40. The largest absolute Gasteiger partial charge is 0.386 e. The van der Waals surface area contributed by atoms with E-state index in [1.54, 1.807) is 17.0 Å². The Labute approximate surface area is 198 Å². The Kier molecular flexibility index (Phi) is 4.88. The third kappa shape index (κ3) is 2.99. The summed E-state index contributed by atoms with van der Waals surface area (Å²) in [5, 5.41) is 24.8. The van der Waals surface area contributed by atoms with E-state index in [2.05, 4.69) is 29.2 Å². The fraction of sp³-hybridized carbons (Fsp3) is 0.357. The standard InChI is InChI=1S/C28H28N2O4/c1-17(31)16-28(34)22-10-2-3-11-23(22)30(27(28)33)19-12-14-29(15-13-19)25-20-8-4-6-18-7-5-9-21(24(18)20)26(25)32/h2-11,19,25-26,32,34H,12-16H2,1H3/t25-,26-,28+/m1/s1. The van der Waals surface area contributed by atoms with Crippen LogP contribution in [0.25, 0.3) is 10.8 Å². The molecule has 0 bridgehead atoms. The summed E-state index contributed by atoms with van der Waals surface area (Å²) in [6.07, 6.45) is 0.666. The van der Waals surface area contributed by atoms with E-state index in [0.29, 0.717) is 11.3 Å². The van der Waals surface area contributed by atoms with Crippen molar-refractivity contribution in [3.8, 4) is 0 Å². The average molecular weight is 457 g/mol. The molecule has 2 N–H and O–H groups in total. The number of amides is 1. The number of nitrogens with zero attached hydrogens (tertiary/aromatic N) is 2. The van der Waals surface area contributed by atoms with Crippen LogP contribution in [0.5, 0.6) is 0 Å². The van der Waals surface area contributed by atoms with Gasteiger partial charge in [-0.1, -0.05) is 54.6 Å². The van der Waals surface area contributed by atoms with Crippen LogP contribution in [-0.2, 0) is 15.2 Å². The third-order valence-corrected chi connectivity index (χ3v) is 7.85. The smallest absolute Gasteiger partial charge is 0.264 e. The Bertz CT molecular complexity index is 1310. The van der Waals surface area contributed by atoms with Crippen LogP contribution in [0.4, 0.5) is 5.69 Å². The molecule has 2 aliphatic heterocycles. The Hall–Kier alpha value is -3.06. The van der Waals surface area contributed by atoms with E-state index in [9.17, 15) is 19.8 Å². The molecule has 0 aromatic heterocycles. The van der Waals surface area contributed by atoms with E-state index >= 15 is 0 Å². The number of fused-ring (bicyclic) bond motifs is 1. The van der Waals surface area contributed by atoms with E-state index in [1.165, 1.54) is 6.92 Å². The maximum atomic E-state index is 13.5. The first-order valence-electron chi connectivity index (χ1n) is 12.0. The van der Waals surface area contributed by atoms with Gasteiger partial charge in [0.15, 0.2) is 5.60 Å². The number of likely N-dealkylation sites (tertiary alicyclic amines) is 1. The lowest BCUT2D eigenvalue weighted by Crippen LogP contribution is -2.50. The van der Waals surface area contributed by atoms with Crippen LogP contribution in [0, 0.1) is 0 Å². The molecule has 2 heterocycles. The molecule has 34 heavy (non-hydrogen) atoms. The van der Waals surface area contributed by atoms with Crippen molar-refractivity contribution in [2.24, 2.45) is 0 Å². The van der Waals surface area contributed by atoms with Gasteiger partial charge in [-0.3, -0.25) is 14.5 Å². The van der Waals surface area contributed by atoms with Gasteiger partial charge in [0, 0.05) is 31.1 Å². The molecule has 3 aromatic carbocycles. The number of para-hydroxylation sites is 1. The monoisotopic (exact) mass is 456 g/mol. The SMILES string of the molecule is CC(=O)C[C@@]1(O)C(=O)N(C2CCN([C@@H]3c4cccc5cccc(c45)[C@H]3O)CC2)c2ccccc21. The highest BCUT2D eigenvalue weighted by Gasteiger charge is 2.52. The van der Waals surface area contributed by atoms with E-state index < -0.39 is 17.6 Å². The normalized spacial score (nSPS) is 26.9. The molecule has 0 unspecified atom stereocenters. The second-order valence-electron chi connectivity index (χ2n) is 9.88. The molecule has 0 saturated carbocycles. The summed E-state index contributed by atoms with van der Waals surface area (Å²) in [5.74, 6) is -0.619. The number of ketones is 1. The minimum Gasteiger partial charge on any atom is -0.386 e. The first-order chi connectivity index (χ1) is 16.4. The summed E-state index contributed by atoms with van der Waals surface area (Å²) < 4.78 is 0. The topological polar surface area (TPSA) is 81.1 Å². The van der Waals surface area contributed by atoms with Gasteiger partial charge in [0.25, 0.3) is 5.91 Å². The van der Waals surface area contributed by atoms with E-state index in [0.717, 1.165) is 47.8 Å². The Balaban J connectivity index is 1.26. The average Bonchev–Trinajstić information content (AvgIpc) is 3.24. The maximum absolute atomic E-state index is 13.5. The summed E-state index contributed by atoms with van der Waals surface area (Å²) >= 11 is 0. The van der Waals surface area contributed by atoms with Gasteiger partial charge < -0.3 is 15.1 Å². The quantitative estimate of drug-likeness (QED) is 0.627. The van der Waals surface area contributed by atoms with Crippen molar-refractivity contribution in [1.82, 2.24) is 4.90 Å². The number of anilines is 1. The molecule has 3 atom stereocenters. The molecule has 6 nitrogen and oxygen atoms in total. The lowest BCUT2D eigenvalue weighted by atomic mass is 9.90. The number of benzene rings is 3. The van der Waals surface area contributed by atoms with Crippen molar-refractivity contribution in [3.05, 3.63) is 77.4 Å². The number of hydrogen-bond donors (Lipinski definition) is 2. The zero-order chi connectivity index (χ0) is 23.6. The van der Waals surface area contributed by atoms with Gasteiger partial charge in [0.2, 0.25) is 0 Å². The fourth-order valence-corrected chi connectivity index (χ4v) is 6.40. The molecule has 1 aliphatic carbocycles. The highest BCUT2D eigenvalue weighted by atomic mass is 16.3. The van der Waals surface area contributed by atoms with Crippen molar-refractivity contribution in [3.63, 3.8) is 0 Å². The highest BCUT2D eigenvalue weighted by Crippen LogP contribution is 2.49. The minimum absolute atomic E-state index is 0.0670. The van der Waals surface area contributed by atoms with Gasteiger partial charge in [0.1, 0.15) is 5.78 Å². The molecule has 3 aromatic rings. The Morgan fingerprint density at radius 1 is 1.00 bits per heavy atom. The van der Waals surface area contributed by atoms with Crippen molar-refractivity contribution >= 4 is 28.2 Å². The van der Waals surface area contributed by atoms with Crippen molar-refractivity contribution in [2.45, 2.75) is 50.0 Å². The molecule has 6 heteroatoms. The molecule has 3 aliphatic rings. The predicted octanol–water partition coefficient (Wildman–Crippen LogP) is 3.61. The minimum atomic E-state index is -1.79.